The van der Waals surface area contributed by atoms with E-state index in [-0.39, 0.29) is 22.6 Å². The van der Waals surface area contributed by atoms with Crippen LogP contribution in [0.5, 0.6) is 17.2 Å². The minimum Gasteiger partial charge on any atom is -0.505 e. The van der Waals surface area contributed by atoms with E-state index in [1.807, 2.05) is 0 Å². The Morgan fingerprint density at radius 3 is 2.07 bits per heavy atom. The monoisotopic (exact) mass is 856 g/mol. The van der Waals surface area contributed by atoms with Gasteiger partial charge in [-0.25, -0.2) is 31.2 Å². The van der Waals surface area contributed by atoms with Crippen molar-refractivity contribution in [2.45, 2.75) is 28.5 Å². The Hall–Kier alpha value is -5.80. The molecule has 2 heterocycles. The molecule has 59 heavy (non-hydrogen) atoms. The summed E-state index contributed by atoms with van der Waals surface area (Å²) in [4.78, 5) is 52.1. The highest BCUT2D eigenvalue weighted by Crippen LogP contribution is 2.67. The zero-order chi connectivity index (χ0) is 42.5. The molecule has 4 aliphatic rings. The Kier molecular flexibility index (Phi) is 9.62. The van der Waals surface area contributed by atoms with Gasteiger partial charge in [0.25, 0.3) is 11.8 Å². The number of anilines is 2. The Morgan fingerprint density at radius 2 is 1.42 bits per heavy atom. The predicted octanol–water partition coefficient (Wildman–Crippen LogP) is 8.18. The second-order valence-electron chi connectivity index (χ2n) is 14.4. The molecule has 0 radical (unpaired) electrons. The second-order valence-corrected chi connectivity index (χ2v) is 15.7. The summed E-state index contributed by atoms with van der Waals surface area (Å²) in [6, 6.07) is 14.7. The number of ether oxygens (including phenoxy) is 2. The lowest BCUT2D eigenvalue weighted by Crippen LogP contribution is -2.60. The fourth-order valence-electron chi connectivity index (χ4n) is 8.82. The molecule has 4 aromatic carbocycles. The summed E-state index contributed by atoms with van der Waals surface area (Å²) in [6.07, 6.45) is 4.07. The molecule has 8 rings (SSSR count). The number of hydrogen-bond donors (Lipinski definition) is 1. The minimum absolute atomic E-state index is 0.0512. The summed E-state index contributed by atoms with van der Waals surface area (Å²) >= 11 is 14.1. The molecular weight excluding hydrogens is 829 g/mol. The number of carbonyl (C=O) groups is 4. The van der Waals surface area contributed by atoms with Gasteiger partial charge in [0, 0.05) is 17.0 Å². The van der Waals surface area contributed by atoms with Gasteiger partial charge in [0.15, 0.2) is 44.6 Å². The van der Waals surface area contributed by atoms with E-state index in [9.17, 15) is 37.5 Å². The number of methoxy groups -OCH3 is 2. The van der Waals surface area contributed by atoms with Crippen molar-refractivity contribution >= 4 is 70.4 Å². The number of phenolic OH excluding ortho intramolecular Hbond substituents is 1. The van der Waals surface area contributed by atoms with Crippen LogP contribution in [-0.2, 0) is 19.2 Å². The summed E-state index contributed by atoms with van der Waals surface area (Å²) in [5, 5.41) is 11.0. The first-order valence-electron chi connectivity index (χ1n) is 17.8. The number of benzene rings is 4. The van der Waals surface area contributed by atoms with Crippen LogP contribution in [0.2, 0.25) is 0 Å². The van der Waals surface area contributed by atoms with E-state index in [0.717, 1.165) is 23.1 Å². The van der Waals surface area contributed by atoms with Crippen LogP contribution in [0.25, 0.3) is 12.2 Å². The number of halogens is 8. The van der Waals surface area contributed by atoms with E-state index < -0.39 is 115 Å². The molecule has 304 valence electrons. The average molecular weight is 858 g/mol. The van der Waals surface area contributed by atoms with Gasteiger partial charge in [-0.15, -0.1) is 23.2 Å². The number of alkyl halides is 2. The maximum absolute atomic E-state index is 15.3. The van der Waals surface area contributed by atoms with Gasteiger partial charge in [0.05, 0.1) is 31.7 Å². The third kappa shape index (κ3) is 5.60. The number of fused-ring (bicyclic) bond motifs is 4. The number of nitrogens with zero attached hydrogens (tertiary/aromatic N) is 2. The smallest absolute Gasteiger partial charge is 0.258 e. The largest absolute Gasteiger partial charge is 0.505 e. The fraction of sp³-hybridized carbons (Fsp3) is 0.238. The van der Waals surface area contributed by atoms with Crippen LogP contribution in [0.1, 0.15) is 35.4 Å². The summed E-state index contributed by atoms with van der Waals surface area (Å²) in [7, 11) is 3.05. The maximum Gasteiger partial charge on any atom is 0.258 e. The van der Waals surface area contributed by atoms with Crippen LogP contribution in [0.4, 0.5) is 37.7 Å². The van der Waals surface area contributed by atoms with Gasteiger partial charge in [0.2, 0.25) is 17.6 Å². The predicted molar refractivity (Wildman–Crippen MR) is 202 cm³/mol. The molecule has 6 atom stereocenters. The SMILES string of the molecule is COc1ccc(OC)c(C=Cc2ccc(N3C(=O)C4CC=C5C(CC6(Cl)C(=O)N(c7c(F)c(F)c(F)c(F)c7F)C(=O)C6(Cl)C5c5cccc(F)c5O)C4C3=O)cc2)c1. The van der Waals surface area contributed by atoms with Gasteiger partial charge >= 0.3 is 0 Å². The lowest BCUT2D eigenvalue weighted by atomic mass is 9.56. The number of carbonyl (C=O) groups excluding carboxylic acids is 4. The number of aromatic hydroxyl groups is 1. The highest BCUT2D eigenvalue weighted by molar-refractivity contribution is 6.58. The number of para-hydroxylation sites is 1. The van der Waals surface area contributed by atoms with Gasteiger partial charge in [-0.1, -0.05) is 48.1 Å². The first-order chi connectivity index (χ1) is 28.0. The molecule has 1 N–H and O–H groups in total. The fourth-order valence-corrected chi connectivity index (χ4v) is 9.75. The first kappa shape index (κ1) is 40.0. The van der Waals surface area contributed by atoms with Crippen LogP contribution < -0.4 is 19.3 Å². The van der Waals surface area contributed by atoms with Crippen molar-refractivity contribution in [2.75, 3.05) is 24.0 Å². The lowest BCUT2D eigenvalue weighted by Gasteiger charge is -2.50. The van der Waals surface area contributed by atoms with Crippen LogP contribution >= 0.6 is 23.2 Å². The van der Waals surface area contributed by atoms with Gasteiger partial charge in [-0.05, 0) is 60.7 Å². The van der Waals surface area contributed by atoms with Crippen molar-refractivity contribution in [3.63, 3.8) is 0 Å². The minimum atomic E-state index is -2.92. The van der Waals surface area contributed by atoms with Crippen molar-refractivity contribution in [2.24, 2.45) is 17.8 Å². The second kappa shape index (κ2) is 14.2. The van der Waals surface area contributed by atoms with Gasteiger partial charge in [-0.3, -0.25) is 24.1 Å². The van der Waals surface area contributed by atoms with Crippen LogP contribution in [0.15, 0.2) is 72.3 Å². The number of amides is 4. The van der Waals surface area contributed by atoms with Gasteiger partial charge in [-0.2, -0.15) is 0 Å². The van der Waals surface area contributed by atoms with Crippen molar-refractivity contribution in [3.05, 3.63) is 124 Å². The molecule has 17 heteroatoms. The number of imide groups is 2. The lowest BCUT2D eigenvalue weighted by molar-refractivity contribution is -0.125. The molecule has 4 aromatic rings. The topological polar surface area (TPSA) is 113 Å². The number of phenols is 1. The highest BCUT2D eigenvalue weighted by Gasteiger charge is 2.77. The first-order valence-corrected chi connectivity index (χ1v) is 18.6. The Morgan fingerprint density at radius 1 is 0.763 bits per heavy atom. The molecule has 0 spiro atoms. The van der Waals surface area contributed by atoms with E-state index >= 15 is 13.2 Å². The Bertz CT molecular complexity index is 2560. The maximum atomic E-state index is 15.3. The summed E-state index contributed by atoms with van der Waals surface area (Å²) in [6.45, 7) is 0. The third-order valence-electron chi connectivity index (χ3n) is 11.6. The molecule has 3 fully saturated rings. The van der Waals surface area contributed by atoms with Crippen LogP contribution in [0.3, 0.4) is 0 Å². The van der Waals surface area contributed by atoms with Crippen LogP contribution in [-0.4, -0.2) is 52.7 Å². The zero-order valence-corrected chi connectivity index (χ0v) is 32.1. The molecule has 6 unspecified atom stereocenters. The van der Waals surface area contributed by atoms with Crippen molar-refractivity contribution in [3.8, 4) is 17.2 Å². The third-order valence-corrected chi connectivity index (χ3v) is 13.0. The molecule has 2 aliphatic heterocycles. The van der Waals surface area contributed by atoms with E-state index in [2.05, 4.69) is 0 Å². The van der Waals surface area contributed by atoms with E-state index in [4.69, 9.17) is 32.7 Å². The molecule has 4 amide bonds. The van der Waals surface area contributed by atoms with Gasteiger partial charge < -0.3 is 14.6 Å². The van der Waals surface area contributed by atoms with Crippen molar-refractivity contribution < 1.29 is 60.1 Å². The summed E-state index contributed by atoms with van der Waals surface area (Å²) in [5.41, 5.74) is -0.782. The number of hydrogen-bond acceptors (Lipinski definition) is 7. The van der Waals surface area contributed by atoms with Crippen molar-refractivity contribution in [1.82, 2.24) is 0 Å². The zero-order valence-electron chi connectivity index (χ0n) is 30.5. The quantitative estimate of drug-likeness (QED) is 0.0380. The molecular formula is C42H28Cl2F6N2O7. The standard InChI is InChI=1S/C42H28Cl2F6N2O7/c1-58-21-12-15-27(59-2)19(16-21)9-6-18-7-10-20(11-8-18)51-37(54)23-14-13-22-25(28(23)38(51)55)17-41(43)39(56)52(35-33(49)31(47)30(46)32(48)34(35)50)40(57)42(41,44)29(22)24-4-3-5-26(45)36(24)53/h3-13,15-16,23,25,28-29,53H,14,17H2,1-2H3. The molecule has 2 saturated heterocycles. The molecule has 1 saturated carbocycles. The van der Waals surface area contributed by atoms with E-state index in [1.165, 1.54) is 32.4 Å². The summed E-state index contributed by atoms with van der Waals surface area (Å²) in [5.74, 6) is -24.0. The van der Waals surface area contributed by atoms with E-state index in [0.29, 0.717) is 22.6 Å². The number of rotatable bonds is 7. The Balaban J connectivity index is 1.19. The molecule has 9 nitrogen and oxygen atoms in total. The molecule has 0 bridgehead atoms. The normalized spacial score (nSPS) is 26.3. The van der Waals surface area contributed by atoms with Crippen LogP contribution in [0, 0.1) is 52.7 Å². The number of allylic oxidation sites excluding steroid dienone is 2. The summed E-state index contributed by atoms with van der Waals surface area (Å²) < 4.78 is 99.4. The van der Waals surface area contributed by atoms with Crippen molar-refractivity contribution in [1.29, 1.82) is 0 Å². The average Bonchev–Trinajstić information content (AvgIpc) is 3.57. The molecule has 0 aromatic heterocycles. The van der Waals surface area contributed by atoms with E-state index in [1.54, 1.807) is 42.5 Å². The highest BCUT2D eigenvalue weighted by atomic mass is 35.5. The Labute approximate surface area is 341 Å². The molecule has 2 aliphatic carbocycles. The van der Waals surface area contributed by atoms with Gasteiger partial charge in [0.1, 0.15) is 17.2 Å².